The maximum absolute atomic E-state index is 12.4. The molecule has 1 N–H and O–H groups in total. The lowest BCUT2D eigenvalue weighted by atomic mass is 10.1. The second kappa shape index (κ2) is 8.89. The second-order valence-electron chi connectivity index (χ2n) is 6.41. The maximum Gasteiger partial charge on any atom is 0.337 e. The number of nitrogens with zero attached hydrogens (tertiary/aromatic N) is 1. The van der Waals surface area contributed by atoms with Gasteiger partial charge in [0.25, 0.3) is 0 Å². The van der Waals surface area contributed by atoms with E-state index in [0.717, 1.165) is 33.5 Å². The molecular weight excluding hydrogens is 372 g/mol. The van der Waals surface area contributed by atoms with Crippen LogP contribution in [0.25, 0.3) is 10.9 Å². The van der Waals surface area contributed by atoms with E-state index in [4.69, 9.17) is 9.72 Å². The fraction of sp³-hybridized carbons (Fsp3) is 0.227. The third-order valence-electron chi connectivity index (χ3n) is 4.30. The summed E-state index contributed by atoms with van der Waals surface area (Å²) in [4.78, 5) is 28.8. The second-order valence-corrected chi connectivity index (χ2v) is 7.38. The number of amides is 1. The van der Waals surface area contributed by atoms with E-state index >= 15 is 0 Å². The molecule has 1 amide bonds. The van der Waals surface area contributed by atoms with Gasteiger partial charge in [-0.2, -0.15) is 0 Å². The maximum atomic E-state index is 12.4. The quantitative estimate of drug-likeness (QED) is 0.488. The molecule has 5 nitrogen and oxygen atoms in total. The lowest BCUT2D eigenvalue weighted by Crippen LogP contribution is -2.15. The molecule has 0 bridgehead atoms. The molecule has 0 unspecified atom stereocenters. The molecule has 0 saturated heterocycles. The van der Waals surface area contributed by atoms with Crippen molar-refractivity contribution in [3.63, 3.8) is 0 Å². The first-order chi connectivity index (χ1) is 13.5. The Labute approximate surface area is 168 Å². The standard InChI is InChI=1S/C22H22N2O3S/c1-4-15-11-16-9-8-14(2)10-19(16)24-21(15)28-13-20(25)23-18-7-5-6-17(12-18)22(26)27-3/h5-12H,4,13H2,1-3H3,(H,23,25). The molecule has 0 fully saturated rings. The summed E-state index contributed by atoms with van der Waals surface area (Å²) >= 11 is 1.42. The van der Waals surface area contributed by atoms with Crippen LogP contribution in [0.15, 0.2) is 53.6 Å². The number of fused-ring (bicyclic) bond motifs is 1. The number of hydrogen-bond donors (Lipinski definition) is 1. The Balaban J connectivity index is 1.71. The topological polar surface area (TPSA) is 68.3 Å². The Kier molecular flexibility index (Phi) is 6.31. The number of anilines is 1. The molecule has 0 aliphatic heterocycles. The number of ether oxygens (including phenoxy) is 1. The van der Waals surface area contributed by atoms with Gasteiger partial charge in [0, 0.05) is 11.1 Å². The van der Waals surface area contributed by atoms with Crippen molar-refractivity contribution in [2.24, 2.45) is 0 Å². The van der Waals surface area contributed by atoms with Crippen molar-refractivity contribution >= 4 is 40.2 Å². The number of nitrogens with one attached hydrogen (secondary N) is 1. The molecule has 0 aliphatic carbocycles. The SMILES string of the molecule is CCc1cc2ccc(C)cc2nc1SCC(=O)Nc1cccc(C(=O)OC)c1. The van der Waals surface area contributed by atoms with Gasteiger partial charge in [-0.05, 0) is 54.8 Å². The van der Waals surface area contributed by atoms with Gasteiger partial charge in [-0.3, -0.25) is 4.79 Å². The predicted molar refractivity (Wildman–Crippen MR) is 113 cm³/mol. The summed E-state index contributed by atoms with van der Waals surface area (Å²) in [6, 6.07) is 15.0. The van der Waals surface area contributed by atoms with Crippen LogP contribution in [0.1, 0.15) is 28.4 Å². The zero-order chi connectivity index (χ0) is 20.1. The molecule has 0 spiro atoms. The third-order valence-corrected chi connectivity index (χ3v) is 5.33. The minimum atomic E-state index is -0.436. The number of thioether (sulfide) groups is 1. The average Bonchev–Trinajstić information content (AvgIpc) is 2.71. The van der Waals surface area contributed by atoms with Crippen LogP contribution in [0.5, 0.6) is 0 Å². The summed E-state index contributed by atoms with van der Waals surface area (Å²) in [7, 11) is 1.33. The first kappa shape index (κ1) is 19.9. The normalized spacial score (nSPS) is 10.7. The third kappa shape index (κ3) is 4.70. The summed E-state index contributed by atoms with van der Waals surface area (Å²) in [6.07, 6.45) is 0.849. The minimum Gasteiger partial charge on any atom is -0.465 e. The Morgan fingerprint density at radius 2 is 1.96 bits per heavy atom. The van der Waals surface area contributed by atoms with E-state index in [0.29, 0.717) is 11.3 Å². The average molecular weight is 394 g/mol. The number of carbonyl (C=O) groups is 2. The highest BCUT2D eigenvalue weighted by atomic mass is 32.2. The number of carbonyl (C=O) groups excluding carboxylic acids is 2. The lowest BCUT2D eigenvalue weighted by Gasteiger charge is -2.10. The van der Waals surface area contributed by atoms with Gasteiger partial charge in [0.1, 0.15) is 5.03 Å². The number of pyridine rings is 1. The molecule has 1 heterocycles. The summed E-state index contributed by atoms with van der Waals surface area (Å²) in [6.45, 7) is 4.12. The molecular formula is C22H22N2O3S. The fourth-order valence-electron chi connectivity index (χ4n) is 2.85. The molecule has 1 aromatic heterocycles. The largest absolute Gasteiger partial charge is 0.465 e. The van der Waals surface area contributed by atoms with Crippen molar-refractivity contribution in [1.29, 1.82) is 0 Å². The van der Waals surface area contributed by atoms with Crippen LogP contribution in [-0.2, 0) is 16.0 Å². The van der Waals surface area contributed by atoms with Gasteiger partial charge in [-0.25, -0.2) is 9.78 Å². The Hall–Kier alpha value is -2.86. The van der Waals surface area contributed by atoms with Crippen LogP contribution in [0.3, 0.4) is 0 Å². The van der Waals surface area contributed by atoms with E-state index in [2.05, 4.69) is 36.5 Å². The minimum absolute atomic E-state index is 0.153. The zero-order valence-corrected chi connectivity index (χ0v) is 16.9. The van der Waals surface area contributed by atoms with E-state index in [1.165, 1.54) is 18.9 Å². The van der Waals surface area contributed by atoms with E-state index in [1.807, 2.05) is 6.92 Å². The molecule has 6 heteroatoms. The summed E-state index contributed by atoms with van der Waals surface area (Å²) in [5.41, 5.74) is 4.18. The molecule has 0 radical (unpaired) electrons. The van der Waals surface area contributed by atoms with Crippen LogP contribution in [0, 0.1) is 6.92 Å². The molecule has 3 aromatic rings. The van der Waals surface area contributed by atoms with E-state index in [-0.39, 0.29) is 11.7 Å². The van der Waals surface area contributed by atoms with Crippen molar-refractivity contribution in [3.05, 3.63) is 65.2 Å². The number of rotatable bonds is 6. The summed E-state index contributed by atoms with van der Waals surface area (Å²) < 4.78 is 4.71. The summed E-state index contributed by atoms with van der Waals surface area (Å²) in [5.74, 6) is -0.353. The van der Waals surface area contributed by atoms with Crippen LogP contribution in [0.4, 0.5) is 5.69 Å². The monoisotopic (exact) mass is 394 g/mol. The highest BCUT2D eigenvalue weighted by molar-refractivity contribution is 8.00. The Morgan fingerprint density at radius 1 is 1.14 bits per heavy atom. The van der Waals surface area contributed by atoms with Crippen LogP contribution < -0.4 is 5.32 Å². The number of aryl methyl sites for hydroxylation is 2. The number of benzene rings is 2. The van der Waals surface area contributed by atoms with E-state index in [9.17, 15) is 9.59 Å². The van der Waals surface area contributed by atoms with Gasteiger partial charge in [-0.1, -0.05) is 36.9 Å². The molecule has 0 aliphatic rings. The molecule has 3 rings (SSSR count). The Bertz CT molecular complexity index is 1030. The van der Waals surface area contributed by atoms with Crippen LogP contribution in [-0.4, -0.2) is 29.7 Å². The van der Waals surface area contributed by atoms with Gasteiger partial charge in [0.2, 0.25) is 5.91 Å². The van der Waals surface area contributed by atoms with Crippen LogP contribution >= 0.6 is 11.8 Å². The molecule has 144 valence electrons. The number of methoxy groups -OCH3 is 1. The number of esters is 1. The van der Waals surface area contributed by atoms with Crippen molar-refractivity contribution in [2.75, 3.05) is 18.2 Å². The summed E-state index contributed by atoms with van der Waals surface area (Å²) in [5, 5.41) is 4.80. The fourth-order valence-corrected chi connectivity index (χ4v) is 3.75. The first-order valence-electron chi connectivity index (χ1n) is 9.01. The number of hydrogen-bond acceptors (Lipinski definition) is 5. The predicted octanol–water partition coefficient (Wildman–Crippen LogP) is 4.62. The van der Waals surface area contributed by atoms with Gasteiger partial charge in [-0.15, -0.1) is 0 Å². The first-order valence-corrected chi connectivity index (χ1v) is 10.00. The van der Waals surface area contributed by atoms with Gasteiger partial charge >= 0.3 is 5.97 Å². The Morgan fingerprint density at radius 3 is 2.71 bits per heavy atom. The smallest absolute Gasteiger partial charge is 0.337 e. The van der Waals surface area contributed by atoms with Crippen molar-refractivity contribution in [1.82, 2.24) is 4.98 Å². The number of aromatic nitrogens is 1. The lowest BCUT2D eigenvalue weighted by molar-refractivity contribution is -0.113. The van der Waals surface area contributed by atoms with Crippen LogP contribution in [0.2, 0.25) is 0 Å². The molecule has 0 saturated carbocycles. The highest BCUT2D eigenvalue weighted by Gasteiger charge is 2.11. The van der Waals surface area contributed by atoms with E-state index < -0.39 is 5.97 Å². The van der Waals surface area contributed by atoms with Gasteiger partial charge in [0.15, 0.2) is 0 Å². The van der Waals surface area contributed by atoms with E-state index in [1.54, 1.807) is 24.3 Å². The highest BCUT2D eigenvalue weighted by Crippen LogP contribution is 2.26. The van der Waals surface area contributed by atoms with Gasteiger partial charge < -0.3 is 10.1 Å². The van der Waals surface area contributed by atoms with Crippen molar-refractivity contribution in [2.45, 2.75) is 25.3 Å². The molecule has 2 aromatic carbocycles. The molecule has 28 heavy (non-hydrogen) atoms. The van der Waals surface area contributed by atoms with Gasteiger partial charge in [0.05, 0.1) is 23.9 Å². The van der Waals surface area contributed by atoms with Crippen molar-refractivity contribution < 1.29 is 14.3 Å². The van der Waals surface area contributed by atoms with Crippen molar-refractivity contribution in [3.8, 4) is 0 Å². The zero-order valence-electron chi connectivity index (χ0n) is 16.1. The molecule has 0 atom stereocenters.